The number of benzene rings is 1. The Hall–Kier alpha value is -2.45. The molecule has 5 rings (SSSR count). The zero-order chi connectivity index (χ0) is 24.7. The number of fused-ring (bicyclic) bond motifs is 1. The Bertz CT molecular complexity index is 1120. The molecule has 7 nitrogen and oxygen atoms in total. The van der Waals surface area contributed by atoms with Crippen LogP contribution in [-0.2, 0) is 28.9 Å². The molecule has 0 N–H and O–H groups in total. The summed E-state index contributed by atoms with van der Waals surface area (Å²) in [6.07, 6.45) is 4.17. The number of aromatic nitrogens is 2. The van der Waals surface area contributed by atoms with Crippen molar-refractivity contribution in [3.8, 4) is 0 Å². The quantitative estimate of drug-likeness (QED) is 0.637. The Morgan fingerprint density at radius 2 is 1.83 bits per heavy atom. The van der Waals surface area contributed by atoms with Crippen molar-refractivity contribution in [2.45, 2.75) is 70.6 Å². The van der Waals surface area contributed by atoms with Crippen molar-refractivity contribution in [1.29, 1.82) is 0 Å². The van der Waals surface area contributed by atoms with Crippen LogP contribution in [0.2, 0.25) is 5.02 Å². The van der Waals surface area contributed by atoms with Crippen LogP contribution in [-0.4, -0.2) is 69.8 Å². The summed E-state index contributed by atoms with van der Waals surface area (Å²) >= 11 is 5.81. The molecule has 3 heterocycles. The Balaban J connectivity index is 1.25. The number of halogens is 2. The van der Waals surface area contributed by atoms with Crippen LogP contribution in [0.1, 0.15) is 66.3 Å². The lowest BCUT2D eigenvalue weighted by Crippen LogP contribution is -2.48. The first-order chi connectivity index (χ1) is 16.8. The second-order valence-electron chi connectivity index (χ2n) is 10.1. The average Bonchev–Trinajstić information content (AvgIpc) is 3.44. The molecule has 2 atom stereocenters. The van der Waals surface area contributed by atoms with E-state index in [0.29, 0.717) is 31.9 Å². The summed E-state index contributed by atoms with van der Waals surface area (Å²) < 4.78 is 21.4. The van der Waals surface area contributed by atoms with Gasteiger partial charge in [0.15, 0.2) is 5.69 Å². The zero-order valence-corrected chi connectivity index (χ0v) is 21.1. The highest BCUT2D eigenvalue weighted by Gasteiger charge is 2.33. The lowest BCUT2D eigenvalue weighted by Gasteiger charge is -2.35. The van der Waals surface area contributed by atoms with E-state index < -0.39 is 5.82 Å². The van der Waals surface area contributed by atoms with Gasteiger partial charge in [0, 0.05) is 37.4 Å². The predicted octanol–water partition coefficient (Wildman–Crippen LogP) is 3.82. The van der Waals surface area contributed by atoms with Crippen LogP contribution in [0.4, 0.5) is 4.39 Å². The molecule has 2 amide bonds. The molecule has 35 heavy (non-hydrogen) atoms. The number of carbonyl (C=O) groups is 2. The summed E-state index contributed by atoms with van der Waals surface area (Å²) in [5.74, 6) is -0.244. The fraction of sp³-hybridized carbons (Fsp3) is 0.577. The number of piperidine rings is 1. The van der Waals surface area contributed by atoms with Crippen LogP contribution in [0.3, 0.4) is 0 Å². The highest BCUT2D eigenvalue weighted by Crippen LogP contribution is 2.31. The van der Waals surface area contributed by atoms with Gasteiger partial charge in [0.05, 0.1) is 17.2 Å². The van der Waals surface area contributed by atoms with E-state index >= 15 is 0 Å². The highest BCUT2D eigenvalue weighted by atomic mass is 35.5. The Morgan fingerprint density at radius 1 is 1.11 bits per heavy atom. The Morgan fingerprint density at radius 3 is 2.51 bits per heavy atom. The third kappa shape index (κ3) is 4.96. The maximum atomic E-state index is 13.9. The van der Waals surface area contributed by atoms with Gasteiger partial charge in [0.2, 0.25) is 5.91 Å². The van der Waals surface area contributed by atoms with Gasteiger partial charge in [-0.15, -0.1) is 0 Å². The smallest absolute Gasteiger partial charge is 0.274 e. The summed E-state index contributed by atoms with van der Waals surface area (Å²) in [5.41, 5.74) is 3.44. The second-order valence-corrected chi connectivity index (χ2v) is 10.5. The van der Waals surface area contributed by atoms with Gasteiger partial charge >= 0.3 is 0 Å². The van der Waals surface area contributed by atoms with Crippen LogP contribution in [0, 0.1) is 5.82 Å². The molecule has 0 spiro atoms. The first-order valence-corrected chi connectivity index (χ1v) is 12.9. The van der Waals surface area contributed by atoms with Gasteiger partial charge in [-0.05, 0) is 69.6 Å². The van der Waals surface area contributed by atoms with E-state index in [9.17, 15) is 14.0 Å². The molecule has 2 aliphatic heterocycles. The monoisotopic (exact) mass is 502 g/mol. The SMILES string of the molecule is C[C@@H]1CN(C(=O)c2nn(CC(=O)N3CCC(c4ccc(Cl)c(F)c4)CC3)c3c2CCC3)C[C@H](C)O1. The van der Waals surface area contributed by atoms with E-state index in [1.807, 2.05) is 29.7 Å². The molecular weight excluding hydrogens is 471 g/mol. The molecule has 2 aromatic rings. The molecule has 0 radical (unpaired) electrons. The average molecular weight is 503 g/mol. The van der Waals surface area contributed by atoms with Gasteiger partial charge in [-0.3, -0.25) is 14.3 Å². The molecule has 0 saturated carbocycles. The van der Waals surface area contributed by atoms with E-state index in [-0.39, 0.29) is 41.5 Å². The molecule has 2 fully saturated rings. The summed E-state index contributed by atoms with van der Waals surface area (Å²) in [7, 11) is 0. The number of carbonyl (C=O) groups excluding carboxylic acids is 2. The number of rotatable bonds is 4. The first-order valence-electron chi connectivity index (χ1n) is 12.6. The third-order valence-corrected chi connectivity index (χ3v) is 7.77. The first kappa shape index (κ1) is 24.3. The number of nitrogens with zero attached hydrogens (tertiary/aromatic N) is 4. The fourth-order valence-electron chi connectivity index (χ4n) is 5.76. The maximum Gasteiger partial charge on any atom is 0.274 e. The normalized spacial score (nSPS) is 23.0. The van der Waals surface area contributed by atoms with E-state index in [1.54, 1.807) is 10.7 Å². The van der Waals surface area contributed by atoms with Crippen molar-refractivity contribution < 1.29 is 18.7 Å². The van der Waals surface area contributed by atoms with Gasteiger partial charge in [0.1, 0.15) is 12.4 Å². The van der Waals surface area contributed by atoms with Crippen LogP contribution >= 0.6 is 11.6 Å². The van der Waals surface area contributed by atoms with E-state index in [1.165, 1.54) is 6.07 Å². The fourth-order valence-corrected chi connectivity index (χ4v) is 5.88. The third-order valence-electron chi connectivity index (χ3n) is 7.46. The summed E-state index contributed by atoms with van der Waals surface area (Å²) in [6.45, 7) is 6.44. The van der Waals surface area contributed by atoms with Crippen LogP contribution in [0.5, 0.6) is 0 Å². The molecule has 1 aromatic carbocycles. The van der Waals surface area contributed by atoms with E-state index in [2.05, 4.69) is 5.10 Å². The van der Waals surface area contributed by atoms with Crippen molar-refractivity contribution in [1.82, 2.24) is 19.6 Å². The minimum atomic E-state index is -0.401. The number of ether oxygens (including phenoxy) is 1. The standard InChI is InChI=1S/C26H32ClFN4O3/c1-16-13-31(14-17(2)35-16)26(34)25-20-4-3-5-23(20)32(29-25)15-24(33)30-10-8-18(9-11-30)19-6-7-21(27)22(28)12-19/h6-7,12,16-18H,3-5,8-11,13-15H2,1-2H3/t16-,17+. The van der Waals surface area contributed by atoms with Gasteiger partial charge in [-0.25, -0.2) is 4.39 Å². The molecule has 9 heteroatoms. The number of morpholine rings is 1. The van der Waals surface area contributed by atoms with Crippen LogP contribution < -0.4 is 0 Å². The highest BCUT2D eigenvalue weighted by molar-refractivity contribution is 6.30. The molecule has 0 unspecified atom stereocenters. The van der Waals surface area contributed by atoms with Crippen molar-refractivity contribution in [2.24, 2.45) is 0 Å². The molecule has 3 aliphatic rings. The lowest BCUT2D eigenvalue weighted by molar-refractivity contribution is -0.133. The lowest BCUT2D eigenvalue weighted by atomic mass is 9.89. The van der Waals surface area contributed by atoms with Crippen LogP contribution in [0.15, 0.2) is 18.2 Å². The number of amides is 2. The van der Waals surface area contributed by atoms with Gasteiger partial charge < -0.3 is 14.5 Å². The minimum absolute atomic E-state index is 0.00768. The van der Waals surface area contributed by atoms with Gasteiger partial charge in [-0.1, -0.05) is 17.7 Å². The second kappa shape index (κ2) is 9.90. The molecule has 1 aliphatic carbocycles. The van der Waals surface area contributed by atoms with Crippen molar-refractivity contribution >= 4 is 23.4 Å². The minimum Gasteiger partial charge on any atom is -0.372 e. The number of likely N-dealkylation sites (tertiary alicyclic amines) is 1. The number of hydrogen-bond acceptors (Lipinski definition) is 4. The predicted molar refractivity (Wildman–Crippen MR) is 130 cm³/mol. The van der Waals surface area contributed by atoms with Crippen molar-refractivity contribution in [3.05, 3.63) is 51.6 Å². The van der Waals surface area contributed by atoms with Crippen molar-refractivity contribution in [2.75, 3.05) is 26.2 Å². The largest absolute Gasteiger partial charge is 0.372 e. The Labute approximate surface area is 210 Å². The van der Waals surface area contributed by atoms with Crippen molar-refractivity contribution in [3.63, 3.8) is 0 Å². The Kier molecular flexibility index (Phi) is 6.86. The molecular formula is C26H32ClFN4O3. The molecule has 188 valence electrons. The zero-order valence-electron chi connectivity index (χ0n) is 20.3. The van der Waals surface area contributed by atoms with Gasteiger partial charge in [0.25, 0.3) is 5.91 Å². The topological polar surface area (TPSA) is 67.7 Å². The van der Waals surface area contributed by atoms with Crippen LogP contribution in [0.25, 0.3) is 0 Å². The molecule has 0 bridgehead atoms. The maximum absolute atomic E-state index is 13.9. The molecule has 1 aromatic heterocycles. The van der Waals surface area contributed by atoms with E-state index in [0.717, 1.165) is 48.9 Å². The summed E-state index contributed by atoms with van der Waals surface area (Å²) in [5, 5.41) is 4.78. The summed E-state index contributed by atoms with van der Waals surface area (Å²) in [6, 6.07) is 4.97. The number of hydrogen-bond donors (Lipinski definition) is 0. The summed E-state index contributed by atoms with van der Waals surface area (Å²) in [4.78, 5) is 30.2. The van der Waals surface area contributed by atoms with E-state index in [4.69, 9.17) is 16.3 Å². The molecule has 2 saturated heterocycles. The van der Waals surface area contributed by atoms with Gasteiger partial charge in [-0.2, -0.15) is 5.10 Å².